The Morgan fingerprint density at radius 2 is 2.37 bits per heavy atom. The van der Waals surface area contributed by atoms with E-state index in [2.05, 4.69) is 17.6 Å². The van der Waals surface area contributed by atoms with Gasteiger partial charge in [-0.3, -0.25) is 4.79 Å². The molecule has 0 aromatic heterocycles. The molecule has 3 nitrogen and oxygen atoms in total. The lowest BCUT2D eigenvalue weighted by molar-refractivity contribution is -0.122. The summed E-state index contributed by atoms with van der Waals surface area (Å²) in [6, 6.07) is 3.98. The summed E-state index contributed by atoms with van der Waals surface area (Å²) in [6.45, 7) is 2.91. The van der Waals surface area contributed by atoms with Crippen LogP contribution >= 0.6 is 11.6 Å². The number of amides is 1. The molecule has 1 aliphatic heterocycles. The Labute approximate surface area is 117 Å². The van der Waals surface area contributed by atoms with Gasteiger partial charge in [-0.25, -0.2) is 4.39 Å². The summed E-state index contributed by atoms with van der Waals surface area (Å²) in [7, 11) is 0. The highest BCUT2D eigenvalue weighted by molar-refractivity contribution is 6.33. The van der Waals surface area contributed by atoms with E-state index in [-0.39, 0.29) is 10.9 Å². The molecule has 19 heavy (non-hydrogen) atoms. The van der Waals surface area contributed by atoms with Gasteiger partial charge in [-0.1, -0.05) is 24.9 Å². The topological polar surface area (TPSA) is 41.1 Å². The fourth-order valence-electron chi connectivity index (χ4n) is 2.59. The van der Waals surface area contributed by atoms with Crippen LogP contribution in [0, 0.1) is 5.82 Å². The van der Waals surface area contributed by atoms with E-state index in [1.54, 1.807) is 0 Å². The van der Waals surface area contributed by atoms with E-state index in [4.69, 9.17) is 11.6 Å². The fraction of sp³-hybridized carbons (Fsp3) is 0.500. The molecule has 0 spiro atoms. The maximum atomic E-state index is 13.0. The second-order valence-corrected chi connectivity index (χ2v) is 5.35. The van der Waals surface area contributed by atoms with Crippen molar-refractivity contribution in [1.29, 1.82) is 0 Å². The fourth-order valence-corrected chi connectivity index (χ4v) is 2.80. The van der Waals surface area contributed by atoms with Gasteiger partial charge < -0.3 is 10.6 Å². The van der Waals surface area contributed by atoms with Gasteiger partial charge >= 0.3 is 0 Å². The first-order valence-corrected chi connectivity index (χ1v) is 6.97. The number of hydrogen-bond donors (Lipinski definition) is 2. The molecule has 1 amide bonds. The molecule has 2 rings (SSSR count). The second-order valence-electron chi connectivity index (χ2n) is 4.94. The zero-order chi connectivity index (χ0) is 13.9. The van der Waals surface area contributed by atoms with E-state index in [1.807, 2.05) is 0 Å². The maximum Gasteiger partial charge on any atom is 0.244 e. The van der Waals surface area contributed by atoms with Crippen LogP contribution < -0.4 is 10.6 Å². The molecule has 0 bridgehead atoms. The van der Waals surface area contributed by atoms with Crippen molar-refractivity contribution >= 4 is 23.2 Å². The largest absolute Gasteiger partial charge is 0.323 e. The minimum Gasteiger partial charge on any atom is -0.323 e. The van der Waals surface area contributed by atoms with Gasteiger partial charge in [0, 0.05) is 0 Å². The molecule has 1 aliphatic rings. The molecule has 104 valence electrons. The Bertz CT molecular complexity index is 473. The Morgan fingerprint density at radius 3 is 2.95 bits per heavy atom. The molecule has 1 heterocycles. The Hall–Kier alpha value is -1.13. The molecule has 1 unspecified atom stereocenters. The third-order valence-electron chi connectivity index (χ3n) is 3.53. The number of nitrogens with one attached hydrogen (secondary N) is 2. The summed E-state index contributed by atoms with van der Waals surface area (Å²) < 4.78 is 13.0. The van der Waals surface area contributed by atoms with Crippen molar-refractivity contribution in [2.24, 2.45) is 0 Å². The Kier molecular flexibility index (Phi) is 4.42. The number of halogens is 2. The molecule has 5 heteroatoms. The minimum absolute atomic E-state index is 0.0830. The highest BCUT2D eigenvalue weighted by atomic mass is 35.5. The highest BCUT2D eigenvalue weighted by Crippen LogP contribution is 2.28. The standard InChI is InChI=1S/C14H18ClFN2O/c1-2-6-14(7-3-8-17-14)13(19)18-12-5-4-10(16)9-11(12)15/h4-5,9,17H,2-3,6-8H2,1H3,(H,18,19). The third-order valence-corrected chi connectivity index (χ3v) is 3.85. The average Bonchev–Trinajstić information content (AvgIpc) is 2.83. The number of benzene rings is 1. The molecule has 1 fully saturated rings. The third kappa shape index (κ3) is 3.07. The van der Waals surface area contributed by atoms with Crippen LogP contribution in [0.1, 0.15) is 32.6 Å². The van der Waals surface area contributed by atoms with E-state index in [0.717, 1.165) is 32.2 Å². The van der Waals surface area contributed by atoms with Crippen LogP contribution in [0.4, 0.5) is 10.1 Å². The molecular formula is C14H18ClFN2O. The molecule has 0 saturated carbocycles. The molecule has 1 saturated heterocycles. The summed E-state index contributed by atoms with van der Waals surface area (Å²) in [5.74, 6) is -0.495. The smallest absolute Gasteiger partial charge is 0.244 e. The number of rotatable bonds is 4. The molecule has 1 atom stereocenters. The van der Waals surface area contributed by atoms with Gasteiger partial charge in [-0.2, -0.15) is 0 Å². The van der Waals surface area contributed by atoms with Gasteiger partial charge in [-0.15, -0.1) is 0 Å². The van der Waals surface area contributed by atoms with Crippen LogP contribution in [0.5, 0.6) is 0 Å². The lowest BCUT2D eigenvalue weighted by Gasteiger charge is -2.28. The molecule has 0 radical (unpaired) electrons. The van der Waals surface area contributed by atoms with Crippen molar-refractivity contribution in [2.45, 2.75) is 38.1 Å². The predicted octanol–water partition coefficient (Wildman–Crippen LogP) is 3.34. The van der Waals surface area contributed by atoms with Crippen molar-refractivity contribution < 1.29 is 9.18 Å². The summed E-state index contributed by atoms with van der Waals surface area (Å²) in [4.78, 5) is 12.4. The molecule has 0 aliphatic carbocycles. The Morgan fingerprint density at radius 1 is 1.58 bits per heavy atom. The van der Waals surface area contributed by atoms with Crippen LogP contribution in [-0.4, -0.2) is 18.0 Å². The van der Waals surface area contributed by atoms with Gasteiger partial charge in [0.15, 0.2) is 0 Å². The van der Waals surface area contributed by atoms with E-state index in [9.17, 15) is 9.18 Å². The minimum atomic E-state index is -0.507. The number of carbonyl (C=O) groups is 1. The lowest BCUT2D eigenvalue weighted by Crippen LogP contribution is -2.50. The monoisotopic (exact) mass is 284 g/mol. The van der Waals surface area contributed by atoms with Crippen molar-refractivity contribution in [3.05, 3.63) is 29.0 Å². The Balaban J connectivity index is 2.15. The molecule has 1 aromatic carbocycles. The second kappa shape index (κ2) is 5.88. The number of carbonyl (C=O) groups excluding carboxylic acids is 1. The lowest BCUT2D eigenvalue weighted by atomic mass is 9.91. The van der Waals surface area contributed by atoms with Crippen LogP contribution in [-0.2, 0) is 4.79 Å². The zero-order valence-corrected chi connectivity index (χ0v) is 11.7. The van der Waals surface area contributed by atoms with Gasteiger partial charge in [0.1, 0.15) is 5.82 Å². The normalized spacial score (nSPS) is 22.5. The van der Waals surface area contributed by atoms with Crippen molar-refractivity contribution in [3.63, 3.8) is 0 Å². The maximum absolute atomic E-state index is 13.0. The van der Waals surface area contributed by atoms with E-state index in [1.165, 1.54) is 18.2 Å². The van der Waals surface area contributed by atoms with Crippen LogP contribution in [0.2, 0.25) is 5.02 Å². The first-order valence-electron chi connectivity index (χ1n) is 6.59. The molecular weight excluding hydrogens is 267 g/mol. The van der Waals surface area contributed by atoms with Crippen molar-refractivity contribution in [3.8, 4) is 0 Å². The zero-order valence-electron chi connectivity index (χ0n) is 10.9. The summed E-state index contributed by atoms with van der Waals surface area (Å²) >= 11 is 5.93. The predicted molar refractivity (Wildman–Crippen MR) is 74.9 cm³/mol. The van der Waals surface area contributed by atoms with Gasteiger partial charge in [0.25, 0.3) is 0 Å². The van der Waals surface area contributed by atoms with Gasteiger partial charge in [0.05, 0.1) is 16.2 Å². The molecule has 2 N–H and O–H groups in total. The average molecular weight is 285 g/mol. The van der Waals surface area contributed by atoms with Crippen molar-refractivity contribution in [1.82, 2.24) is 5.32 Å². The highest BCUT2D eigenvalue weighted by Gasteiger charge is 2.40. The summed E-state index contributed by atoms with van der Waals surface area (Å²) in [5.41, 5.74) is -0.0517. The van der Waals surface area contributed by atoms with E-state index < -0.39 is 11.4 Å². The van der Waals surface area contributed by atoms with Crippen molar-refractivity contribution in [2.75, 3.05) is 11.9 Å². The van der Waals surface area contributed by atoms with Crippen LogP contribution in [0.15, 0.2) is 18.2 Å². The SMILES string of the molecule is CCCC1(C(=O)Nc2ccc(F)cc2Cl)CCCN1. The summed E-state index contributed by atoms with van der Waals surface area (Å²) in [5, 5.41) is 6.32. The quantitative estimate of drug-likeness (QED) is 0.890. The van der Waals surface area contributed by atoms with Gasteiger partial charge in [0.2, 0.25) is 5.91 Å². The van der Waals surface area contributed by atoms with Gasteiger partial charge in [-0.05, 0) is 44.0 Å². The van der Waals surface area contributed by atoms with Crippen LogP contribution in [0.25, 0.3) is 0 Å². The van der Waals surface area contributed by atoms with E-state index >= 15 is 0 Å². The summed E-state index contributed by atoms with van der Waals surface area (Å²) in [6.07, 6.45) is 3.53. The number of anilines is 1. The van der Waals surface area contributed by atoms with Crippen LogP contribution in [0.3, 0.4) is 0 Å². The van der Waals surface area contributed by atoms with E-state index in [0.29, 0.717) is 5.69 Å². The first-order chi connectivity index (χ1) is 9.07. The number of hydrogen-bond acceptors (Lipinski definition) is 2. The molecule has 1 aromatic rings. The first kappa shape index (κ1) is 14.3.